The smallest absolute Gasteiger partial charge is 0.343 e. The number of sulfonamides is 1. The number of alkyl halides is 3. The van der Waals surface area contributed by atoms with Crippen molar-refractivity contribution in [3.8, 4) is 0 Å². The fourth-order valence-corrected chi connectivity index (χ4v) is 3.08. The minimum atomic E-state index is -4.65. The Balaban J connectivity index is 2.31. The molecule has 0 aliphatic heterocycles. The number of carbonyl (C=O) groups is 1. The van der Waals surface area contributed by atoms with Gasteiger partial charge in [0.25, 0.3) is 15.9 Å². The van der Waals surface area contributed by atoms with Crippen molar-refractivity contribution in [1.29, 1.82) is 0 Å². The Morgan fingerprint density at radius 2 is 1.69 bits per heavy atom. The minimum Gasteiger partial charge on any atom is -0.343 e. The van der Waals surface area contributed by atoms with E-state index in [-0.39, 0.29) is 5.69 Å². The molecule has 0 fully saturated rings. The van der Waals surface area contributed by atoms with Gasteiger partial charge >= 0.3 is 6.18 Å². The molecule has 2 aromatic rings. The molecule has 0 heterocycles. The van der Waals surface area contributed by atoms with Gasteiger partial charge in [0.15, 0.2) is 0 Å². The molecule has 2 N–H and O–H groups in total. The first-order chi connectivity index (χ1) is 12.0. The molecule has 0 radical (unpaired) electrons. The summed E-state index contributed by atoms with van der Waals surface area (Å²) in [5.41, 5.74) is -0.765. The minimum absolute atomic E-state index is 0.358. The number of halogens is 5. The van der Waals surface area contributed by atoms with E-state index in [1.54, 1.807) is 5.32 Å². The van der Waals surface area contributed by atoms with Crippen LogP contribution in [0, 0.1) is 11.6 Å². The molecule has 0 atom stereocenters. The molecule has 2 rings (SSSR count). The lowest BCUT2D eigenvalue weighted by Gasteiger charge is -2.14. The van der Waals surface area contributed by atoms with E-state index >= 15 is 0 Å². The molecule has 0 aliphatic carbocycles. The van der Waals surface area contributed by atoms with Crippen LogP contribution in [0.4, 0.5) is 27.6 Å². The van der Waals surface area contributed by atoms with Crippen LogP contribution in [0.15, 0.2) is 47.4 Å². The molecule has 0 spiro atoms. The maximum Gasteiger partial charge on any atom is 0.405 e. The number of para-hydroxylation sites is 1. The van der Waals surface area contributed by atoms with Crippen LogP contribution >= 0.6 is 0 Å². The van der Waals surface area contributed by atoms with Crippen LogP contribution in [-0.2, 0) is 10.0 Å². The third kappa shape index (κ3) is 4.91. The average molecular weight is 394 g/mol. The Kier molecular flexibility index (Phi) is 5.50. The molecule has 11 heteroatoms. The molecule has 140 valence electrons. The number of amides is 1. The van der Waals surface area contributed by atoms with Crippen molar-refractivity contribution in [2.45, 2.75) is 11.1 Å². The summed E-state index contributed by atoms with van der Waals surface area (Å²) in [5.74, 6) is -3.54. The molecule has 2 aromatic carbocycles. The lowest BCUT2D eigenvalue weighted by molar-refractivity contribution is -0.123. The van der Waals surface area contributed by atoms with Gasteiger partial charge in [0, 0.05) is 6.07 Å². The van der Waals surface area contributed by atoms with E-state index < -0.39 is 50.7 Å². The second-order valence-corrected chi connectivity index (χ2v) is 6.67. The van der Waals surface area contributed by atoms with Crippen LogP contribution in [0.5, 0.6) is 0 Å². The lowest BCUT2D eigenvalue weighted by Crippen LogP contribution is -2.34. The van der Waals surface area contributed by atoms with Crippen molar-refractivity contribution in [2.75, 3.05) is 11.3 Å². The second-order valence-electron chi connectivity index (χ2n) is 5.02. The van der Waals surface area contributed by atoms with Gasteiger partial charge in [0.1, 0.15) is 23.1 Å². The summed E-state index contributed by atoms with van der Waals surface area (Å²) >= 11 is 0. The van der Waals surface area contributed by atoms with Gasteiger partial charge < -0.3 is 5.32 Å². The van der Waals surface area contributed by atoms with Gasteiger partial charge in [-0.3, -0.25) is 9.52 Å². The Labute approximate surface area is 144 Å². The van der Waals surface area contributed by atoms with Crippen LogP contribution in [0.2, 0.25) is 0 Å². The molecule has 0 unspecified atom stereocenters. The summed E-state index contributed by atoms with van der Waals surface area (Å²) < 4.78 is 89.6. The van der Waals surface area contributed by atoms with E-state index in [9.17, 15) is 35.2 Å². The van der Waals surface area contributed by atoms with E-state index in [4.69, 9.17) is 0 Å². The van der Waals surface area contributed by atoms with Crippen molar-refractivity contribution in [1.82, 2.24) is 5.32 Å². The average Bonchev–Trinajstić information content (AvgIpc) is 2.51. The lowest BCUT2D eigenvalue weighted by atomic mass is 10.1. The molecule has 5 nitrogen and oxygen atoms in total. The van der Waals surface area contributed by atoms with Crippen LogP contribution in [0.1, 0.15) is 10.4 Å². The summed E-state index contributed by atoms with van der Waals surface area (Å²) in [4.78, 5) is 11.0. The normalized spacial score (nSPS) is 11.9. The summed E-state index contributed by atoms with van der Waals surface area (Å²) in [6, 6.07) is 6.58. The summed E-state index contributed by atoms with van der Waals surface area (Å²) in [6.45, 7) is -1.61. The Morgan fingerprint density at radius 1 is 1.04 bits per heavy atom. The highest BCUT2D eigenvalue weighted by Crippen LogP contribution is 2.23. The van der Waals surface area contributed by atoms with E-state index in [1.807, 2.05) is 4.72 Å². The number of benzene rings is 2. The zero-order chi connectivity index (χ0) is 19.5. The van der Waals surface area contributed by atoms with Crippen molar-refractivity contribution < 1.29 is 35.2 Å². The number of nitrogens with one attached hydrogen (secondary N) is 2. The molecule has 0 saturated heterocycles. The first-order valence-corrected chi connectivity index (χ1v) is 8.40. The maximum atomic E-state index is 13.7. The van der Waals surface area contributed by atoms with Crippen molar-refractivity contribution >= 4 is 21.6 Å². The Bertz CT molecular complexity index is 929. The monoisotopic (exact) mass is 394 g/mol. The summed E-state index contributed by atoms with van der Waals surface area (Å²) in [5, 5.41) is 1.60. The van der Waals surface area contributed by atoms with E-state index in [0.717, 1.165) is 18.2 Å². The number of hydrogen-bond acceptors (Lipinski definition) is 3. The summed E-state index contributed by atoms with van der Waals surface area (Å²) in [6.07, 6.45) is -4.65. The van der Waals surface area contributed by atoms with E-state index in [0.29, 0.717) is 12.1 Å². The molecule has 1 amide bonds. The number of anilines is 1. The third-order valence-corrected chi connectivity index (χ3v) is 4.45. The fraction of sp³-hybridized carbons (Fsp3) is 0.133. The number of hydrogen-bond donors (Lipinski definition) is 2. The van der Waals surface area contributed by atoms with Crippen LogP contribution in [-0.4, -0.2) is 27.0 Å². The quantitative estimate of drug-likeness (QED) is 0.766. The van der Waals surface area contributed by atoms with Crippen LogP contribution < -0.4 is 10.0 Å². The Morgan fingerprint density at radius 3 is 2.31 bits per heavy atom. The molecular weight excluding hydrogens is 383 g/mol. The third-order valence-electron chi connectivity index (χ3n) is 3.05. The fourth-order valence-electron chi connectivity index (χ4n) is 1.94. The first-order valence-electron chi connectivity index (χ1n) is 6.91. The zero-order valence-corrected chi connectivity index (χ0v) is 13.6. The largest absolute Gasteiger partial charge is 0.405 e. The van der Waals surface area contributed by atoms with Crippen LogP contribution in [0.25, 0.3) is 0 Å². The van der Waals surface area contributed by atoms with Gasteiger partial charge in [0.05, 0.1) is 11.3 Å². The number of carbonyl (C=O) groups excluding carboxylic acids is 1. The zero-order valence-electron chi connectivity index (χ0n) is 12.8. The van der Waals surface area contributed by atoms with Gasteiger partial charge in [-0.15, -0.1) is 0 Å². The predicted molar refractivity (Wildman–Crippen MR) is 82.0 cm³/mol. The molecular formula is C15H11F5N2O3S. The first kappa shape index (κ1) is 19.6. The SMILES string of the molecule is O=C(NCC(F)(F)F)c1ccccc1NS(=O)(=O)c1ccc(F)cc1F. The molecule has 26 heavy (non-hydrogen) atoms. The standard InChI is InChI=1S/C15H11F5N2O3S/c16-9-5-6-13(11(17)7-9)26(24,25)22-12-4-2-1-3-10(12)14(23)21-8-15(18,19)20/h1-7,22H,8H2,(H,21,23). The summed E-state index contributed by atoms with van der Waals surface area (Å²) in [7, 11) is -4.55. The predicted octanol–water partition coefficient (Wildman–Crippen LogP) is 3.06. The van der Waals surface area contributed by atoms with E-state index in [2.05, 4.69) is 0 Å². The van der Waals surface area contributed by atoms with Crippen molar-refractivity contribution in [2.24, 2.45) is 0 Å². The topological polar surface area (TPSA) is 75.3 Å². The molecule has 0 saturated carbocycles. The highest BCUT2D eigenvalue weighted by molar-refractivity contribution is 7.92. The van der Waals surface area contributed by atoms with Gasteiger partial charge in [-0.25, -0.2) is 17.2 Å². The number of rotatable bonds is 5. The van der Waals surface area contributed by atoms with Crippen molar-refractivity contribution in [3.63, 3.8) is 0 Å². The highest BCUT2D eigenvalue weighted by atomic mass is 32.2. The molecule has 0 aliphatic rings. The highest BCUT2D eigenvalue weighted by Gasteiger charge is 2.29. The van der Waals surface area contributed by atoms with Gasteiger partial charge in [0.2, 0.25) is 0 Å². The maximum absolute atomic E-state index is 13.7. The van der Waals surface area contributed by atoms with E-state index in [1.165, 1.54) is 12.1 Å². The second kappa shape index (κ2) is 7.28. The van der Waals surface area contributed by atoms with Crippen LogP contribution in [0.3, 0.4) is 0 Å². The molecule has 0 aromatic heterocycles. The van der Waals surface area contributed by atoms with Crippen molar-refractivity contribution in [3.05, 3.63) is 59.7 Å². The van der Waals surface area contributed by atoms with Gasteiger partial charge in [-0.1, -0.05) is 12.1 Å². The van der Waals surface area contributed by atoms with Gasteiger partial charge in [-0.2, -0.15) is 13.2 Å². The molecule has 0 bridgehead atoms. The Hall–Kier alpha value is -2.69. The van der Waals surface area contributed by atoms with Gasteiger partial charge in [-0.05, 0) is 24.3 Å².